The predicted octanol–water partition coefficient (Wildman–Crippen LogP) is 2.68. The second kappa shape index (κ2) is 5.44. The molecular weight excluding hydrogens is 288 g/mol. The van der Waals surface area contributed by atoms with Crippen LogP contribution in [-0.4, -0.2) is 9.97 Å². The summed E-state index contributed by atoms with van der Waals surface area (Å²) in [6.45, 7) is 0.216. The highest BCUT2D eigenvalue weighted by Crippen LogP contribution is 2.23. The van der Waals surface area contributed by atoms with Crippen LogP contribution in [0.1, 0.15) is 5.56 Å². The Kier molecular flexibility index (Phi) is 3.46. The van der Waals surface area contributed by atoms with Crippen molar-refractivity contribution in [1.29, 1.82) is 0 Å². The highest BCUT2D eigenvalue weighted by Gasteiger charge is 2.06. The molecule has 0 aliphatic rings. The minimum absolute atomic E-state index is 0.110. The van der Waals surface area contributed by atoms with Crippen LogP contribution in [0.3, 0.4) is 0 Å². The second-order valence-electron chi connectivity index (χ2n) is 4.79. The van der Waals surface area contributed by atoms with Crippen LogP contribution in [0.25, 0.3) is 10.9 Å². The molecule has 0 bridgehead atoms. The lowest BCUT2D eigenvalue weighted by molar-refractivity contribution is 0.574. The molecule has 0 saturated carbocycles. The summed E-state index contributed by atoms with van der Waals surface area (Å²) in [4.78, 5) is 7.98. The molecule has 1 aromatic heterocycles. The maximum absolute atomic E-state index is 13.6. The summed E-state index contributed by atoms with van der Waals surface area (Å²) in [5.74, 6) is -0.809. The molecule has 0 saturated heterocycles. The van der Waals surface area contributed by atoms with E-state index in [1.165, 1.54) is 12.1 Å². The number of benzene rings is 2. The summed E-state index contributed by atoms with van der Waals surface area (Å²) in [6.07, 6.45) is 0. The van der Waals surface area contributed by atoms with Crippen molar-refractivity contribution in [2.45, 2.75) is 6.54 Å². The Hall–Kier alpha value is -2.96. The van der Waals surface area contributed by atoms with Gasteiger partial charge < -0.3 is 16.8 Å². The van der Waals surface area contributed by atoms with Crippen molar-refractivity contribution in [1.82, 2.24) is 9.97 Å². The average molecular weight is 301 g/mol. The van der Waals surface area contributed by atoms with Crippen LogP contribution in [0.2, 0.25) is 0 Å². The van der Waals surface area contributed by atoms with E-state index >= 15 is 0 Å². The minimum atomic E-state index is -0.602. The zero-order valence-electron chi connectivity index (χ0n) is 11.5. The van der Waals surface area contributed by atoms with Crippen molar-refractivity contribution in [3.05, 3.63) is 53.6 Å². The van der Waals surface area contributed by atoms with E-state index in [9.17, 15) is 8.78 Å². The van der Waals surface area contributed by atoms with Crippen molar-refractivity contribution in [3.63, 3.8) is 0 Å². The Balaban J connectivity index is 1.85. The third-order valence-corrected chi connectivity index (χ3v) is 3.24. The Bertz CT molecular complexity index is 851. The fourth-order valence-corrected chi connectivity index (χ4v) is 2.14. The molecule has 3 aromatic rings. The highest BCUT2D eigenvalue weighted by atomic mass is 19.1. The largest absolute Gasteiger partial charge is 0.383 e. The number of hydrogen-bond acceptors (Lipinski definition) is 5. The molecule has 112 valence electrons. The third kappa shape index (κ3) is 2.73. The molecular formula is C15H13F2N5. The first kappa shape index (κ1) is 14.0. The first-order valence-electron chi connectivity index (χ1n) is 6.53. The molecule has 0 spiro atoms. The first-order valence-corrected chi connectivity index (χ1v) is 6.53. The number of nitrogens with zero attached hydrogens (tertiary/aromatic N) is 2. The first-order chi connectivity index (χ1) is 10.5. The molecule has 0 unspecified atom stereocenters. The highest BCUT2D eigenvalue weighted by molar-refractivity contribution is 5.91. The van der Waals surface area contributed by atoms with Crippen LogP contribution in [0, 0.1) is 11.6 Å². The lowest BCUT2D eigenvalue weighted by atomic mass is 10.2. The Morgan fingerprint density at radius 2 is 1.82 bits per heavy atom. The number of fused-ring (bicyclic) bond motifs is 1. The quantitative estimate of drug-likeness (QED) is 0.692. The van der Waals surface area contributed by atoms with Crippen LogP contribution in [-0.2, 0) is 6.54 Å². The molecule has 0 atom stereocenters. The number of halogens is 2. The van der Waals surface area contributed by atoms with Crippen molar-refractivity contribution in [2.24, 2.45) is 0 Å². The van der Waals surface area contributed by atoms with Crippen LogP contribution < -0.4 is 16.8 Å². The second-order valence-corrected chi connectivity index (χ2v) is 4.79. The fourth-order valence-electron chi connectivity index (χ4n) is 2.14. The molecule has 0 fully saturated rings. The van der Waals surface area contributed by atoms with Gasteiger partial charge in [0, 0.05) is 29.2 Å². The molecule has 0 aliphatic heterocycles. The predicted molar refractivity (Wildman–Crippen MR) is 82.0 cm³/mol. The molecule has 2 aromatic carbocycles. The fraction of sp³-hybridized carbons (Fsp3) is 0.0667. The van der Waals surface area contributed by atoms with Crippen LogP contribution >= 0.6 is 0 Å². The molecule has 1 heterocycles. The molecule has 0 radical (unpaired) electrons. The van der Waals surface area contributed by atoms with Gasteiger partial charge in [0.15, 0.2) is 0 Å². The number of hydrogen-bond donors (Lipinski definition) is 3. The topological polar surface area (TPSA) is 89.8 Å². The van der Waals surface area contributed by atoms with Gasteiger partial charge in [-0.2, -0.15) is 4.98 Å². The van der Waals surface area contributed by atoms with Crippen molar-refractivity contribution in [2.75, 3.05) is 16.8 Å². The van der Waals surface area contributed by atoms with E-state index < -0.39 is 11.6 Å². The van der Waals surface area contributed by atoms with E-state index in [2.05, 4.69) is 15.3 Å². The van der Waals surface area contributed by atoms with Crippen LogP contribution in [0.5, 0.6) is 0 Å². The molecule has 7 heteroatoms. The van der Waals surface area contributed by atoms with Crippen molar-refractivity contribution in [3.8, 4) is 0 Å². The summed E-state index contributed by atoms with van der Waals surface area (Å²) in [7, 11) is 0. The van der Waals surface area contributed by atoms with Gasteiger partial charge in [0.05, 0.1) is 5.52 Å². The zero-order valence-corrected chi connectivity index (χ0v) is 11.5. The number of aromatic nitrogens is 2. The Labute approximate surface area is 125 Å². The van der Waals surface area contributed by atoms with Gasteiger partial charge in [0.1, 0.15) is 17.5 Å². The molecule has 22 heavy (non-hydrogen) atoms. The van der Waals surface area contributed by atoms with E-state index in [4.69, 9.17) is 11.5 Å². The Morgan fingerprint density at radius 1 is 1.00 bits per heavy atom. The summed E-state index contributed by atoms with van der Waals surface area (Å²) < 4.78 is 26.4. The zero-order chi connectivity index (χ0) is 15.7. The van der Waals surface area contributed by atoms with E-state index in [-0.39, 0.29) is 18.3 Å². The number of rotatable bonds is 3. The summed E-state index contributed by atoms with van der Waals surface area (Å²) in [6, 6.07) is 8.74. The summed E-state index contributed by atoms with van der Waals surface area (Å²) in [5.41, 5.74) is 13.1. The van der Waals surface area contributed by atoms with E-state index in [0.717, 1.165) is 11.8 Å². The van der Waals surface area contributed by atoms with Gasteiger partial charge in [-0.3, -0.25) is 0 Å². The van der Waals surface area contributed by atoms with Gasteiger partial charge in [-0.05, 0) is 24.3 Å². The molecule has 5 N–H and O–H groups in total. The van der Waals surface area contributed by atoms with Gasteiger partial charge in [-0.15, -0.1) is 0 Å². The lowest BCUT2D eigenvalue weighted by Gasteiger charge is -2.09. The smallest absolute Gasteiger partial charge is 0.222 e. The van der Waals surface area contributed by atoms with Gasteiger partial charge in [-0.25, -0.2) is 13.8 Å². The normalized spacial score (nSPS) is 10.8. The van der Waals surface area contributed by atoms with E-state index in [1.54, 1.807) is 18.2 Å². The molecule has 0 amide bonds. The maximum Gasteiger partial charge on any atom is 0.222 e. The molecule has 3 rings (SSSR count). The third-order valence-electron chi connectivity index (χ3n) is 3.24. The van der Waals surface area contributed by atoms with Crippen molar-refractivity contribution < 1.29 is 8.78 Å². The number of nitrogens with one attached hydrogen (secondary N) is 1. The maximum atomic E-state index is 13.6. The van der Waals surface area contributed by atoms with E-state index in [0.29, 0.717) is 16.5 Å². The molecule has 5 nitrogen and oxygen atoms in total. The monoisotopic (exact) mass is 301 g/mol. The van der Waals surface area contributed by atoms with Crippen molar-refractivity contribution >= 4 is 28.4 Å². The van der Waals surface area contributed by atoms with Crippen LogP contribution in [0.15, 0.2) is 36.4 Å². The van der Waals surface area contributed by atoms with Gasteiger partial charge >= 0.3 is 0 Å². The number of nitrogen functional groups attached to an aromatic ring is 2. The van der Waals surface area contributed by atoms with Gasteiger partial charge in [0.2, 0.25) is 5.95 Å². The summed E-state index contributed by atoms with van der Waals surface area (Å²) in [5, 5.41) is 3.70. The van der Waals surface area contributed by atoms with Gasteiger partial charge in [0.25, 0.3) is 0 Å². The van der Waals surface area contributed by atoms with E-state index in [1.807, 2.05) is 0 Å². The average Bonchev–Trinajstić information content (AvgIpc) is 2.46. The summed E-state index contributed by atoms with van der Waals surface area (Å²) >= 11 is 0. The molecule has 0 aliphatic carbocycles. The SMILES string of the molecule is Nc1nc(N)c2cc(NCc3ccc(F)cc3F)ccc2n1. The lowest BCUT2D eigenvalue weighted by Crippen LogP contribution is -2.04. The standard InChI is InChI=1S/C15H13F2N5/c16-9-2-1-8(12(17)5-9)7-20-10-3-4-13-11(6-10)14(18)22-15(19)21-13/h1-6,20H,7H2,(H4,18,19,21,22). The number of anilines is 3. The number of nitrogens with two attached hydrogens (primary N) is 2. The van der Waals surface area contributed by atoms with Crippen LogP contribution in [0.4, 0.5) is 26.2 Å². The Morgan fingerprint density at radius 3 is 2.59 bits per heavy atom. The van der Waals surface area contributed by atoms with Gasteiger partial charge in [-0.1, -0.05) is 6.07 Å². The minimum Gasteiger partial charge on any atom is -0.383 e.